The van der Waals surface area contributed by atoms with Gasteiger partial charge in [0.05, 0.1) is 19.8 Å². The molecule has 0 aliphatic heterocycles. The molecule has 0 atom stereocenters. The summed E-state index contributed by atoms with van der Waals surface area (Å²) in [7, 11) is 0. The van der Waals surface area contributed by atoms with Gasteiger partial charge in [-0.1, -0.05) is 60.7 Å². The van der Waals surface area contributed by atoms with Gasteiger partial charge < -0.3 is 14.9 Å². The summed E-state index contributed by atoms with van der Waals surface area (Å²) in [4.78, 5) is 0. The molecule has 0 fully saturated rings. The van der Waals surface area contributed by atoms with Crippen molar-refractivity contribution in [2.75, 3.05) is 6.61 Å². The summed E-state index contributed by atoms with van der Waals surface area (Å²) in [5.74, 6) is 0.695. The minimum absolute atomic E-state index is 0.0626. The summed E-state index contributed by atoms with van der Waals surface area (Å²) in [5.41, 5.74) is 2.84. The molecule has 5 aromatic carbocycles. The van der Waals surface area contributed by atoms with Crippen LogP contribution in [0.4, 0.5) is 0 Å². The first-order chi connectivity index (χ1) is 14.8. The lowest BCUT2D eigenvalue weighted by atomic mass is 9.91. The quantitative estimate of drug-likeness (QED) is 0.279. The molecule has 0 aliphatic carbocycles. The van der Waals surface area contributed by atoms with Gasteiger partial charge in [-0.2, -0.15) is 0 Å². The molecule has 5 aromatic rings. The van der Waals surface area contributed by atoms with E-state index in [1.165, 1.54) is 37.9 Å². The minimum atomic E-state index is -0.0626. The van der Waals surface area contributed by atoms with Crippen LogP contribution < -0.4 is 4.74 Å². The lowest BCUT2D eigenvalue weighted by Crippen LogP contribution is -2.01. The Hall–Kier alpha value is -3.14. The van der Waals surface area contributed by atoms with Gasteiger partial charge in [-0.25, -0.2) is 0 Å². The fourth-order valence-electron chi connectivity index (χ4n) is 4.46. The van der Waals surface area contributed by atoms with E-state index in [1.54, 1.807) is 6.07 Å². The van der Waals surface area contributed by atoms with Crippen LogP contribution in [-0.2, 0) is 19.6 Å². The van der Waals surface area contributed by atoms with Gasteiger partial charge in [0, 0.05) is 0 Å². The lowest BCUT2D eigenvalue weighted by molar-refractivity contribution is 0.270. The molecule has 0 spiro atoms. The Balaban J connectivity index is 1.37. The number of aliphatic hydroxyl groups is 2. The van der Waals surface area contributed by atoms with Gasteiger partial charge in [-0.3, -0.25) is 0 Å². The van der Waals surface area contributed by atoms with E-state index in [0.29, 0.717) is 12.4 Å². The first kappa shape index (κ1) is 18.9. The summed E-state index contributed by atoms with van der Waals surface area (Å²) < 4.78 is 5.92. The maximum absolute atomic E-state index is 9.38. The van der Waals surface area contributed by atoms with Crippen molar-refractivity contribution in [2.45, 2.75) is 26.1 Å². The molecule has 0 aliphatic rings. The molecule has 0 saturated heterocycles. The highest BCUT2D eigenvalue weighted by atomic mass is 16.5. The molecule has 0 saturated carbocycles. The first-order valence-electron chi connectivity index (χ1n) is 10.4. The van der Waals surface area contributed by atoms with Crippen molar-refractivity contribution in [3.63, 3.8) is 0 Å². The number of benzene rings is 5. The maximum atomic E-state index is 9.38. The molecular formula is C27H24O3. The summed E-state index contributed by atoms with van der Waals surface area (Å²) in [6.45, 7) is 0.460. The van der Waals surface area contributed by atoms with Crippen LogP contribution in [0.2, 0.25) is 0 Å². The van der Waals surface area contributed by atoms with E-state index in [-0.39, 0.29) is 13.2 Å². The van der Waals surface area contributed by atoms with Crippen molar-refractivity contribution >= 4 is 32.3 Å². The normalized spacial score (nSPS) is 11.7. The van der Waals surface area contributed by atoms with Crippen molar-refractivity contribution in [2.24, 2.45) is 0 Å². The highest BCUT2D eigenvalue weighted by molar-refractivity contribution is 6.23. The van der Waals surface area contributed by atoms with E-state index >= 15 is 0 Å². The summed E-state index contributed by atoms with van der Waals surface area (Å²) in [5, 5.41) is 26.6. The molecule has 30 heavy (non-hydrogen) atoms. The average Bonchev–Trinajstić information content (AvgIpc) is 2.80. The fraction of sp³-hybridized carbons (Fsp3) is 0.185. The van der Waals surface area contributed by atoms with Crippen LogP contribution >= 0.6 is 0 Å². The number of hydrogen-bond acceptors (Lipinski definition) is 3. The van der Waals surface area contributed by atoms with E-state index in [2.05, 4.69) is 54.6 Å². The minimum Gasteiger partial charge on any atom is -0.494 e. The number of hydrogen-bond donors (Lipinski definition) is 2. The van der Waals surface area contributed by atoms with Crippen LogP contribution in [0.3, 0.4) is 0 Å². The Bertz CT molecular complexity index is 1280. The molecule has 3 nitrogen and oxygen atoms in total. The second-order valence-electron chi connectivity index (χ2n) is 7.83. The smallest absolute Gasteiger partial charge is 0.120 e. The number of ether oxygens (including phenoxy) is 1. The van der Waals surface area contributed by atoms with E-state index in [4.69, 9.17) is 4.74 Å². The Kier molecular flexibility index (Phi) is 4.99. The molecule has 5 rings (SSSR count). The third-order valence-electron chi connectivity index (χ3n) is 5.87. The largest absolute Gasteiger partial charge is 0.494 e. The third kappa shape index (κ3) is 3.36. The zero-order chi connectivity index (χ0) is 20.5. The second kappa shape index (κ2) is 7.94. The summed E-state index contributed by atoms with van der Waals surface area (Å²) in [6.07, 6.45) is 1.82. The van der Waals surface area contributed by atoms with Crippen LogP contribution in [0.25, 0.3) is 32.3 Å². The van der Waals surface area contributed by atoms with Gasteiger partial charge in [0.2, 0.25) is 0 Å². The zero-order valence-electron chi connectivity index (χ0n) is 16.8. The number of rotatable bonds is 7. The van der Waals surface area contributed by atoms with E-state index in [0.717, 1.165) is 24.0 Å². The maximum Gasteiger partial charge on any atom is 0.120 e. The van der Waals surface area contributed by atoms with E-state index in [1.807, 2.05) is 12.1 Å². The molecule has 0 aromatic heterocycles. The molecule has 150 valence electrons. The van der Waals surface area contributed by atoms with Gasteiger partial charge in [-0.15, -0.1) is 0 Å². The van der Waals surface area contributed by atoms with E-state index < -0.39 is 0 Å². The van der Waals surface area contributed by atoms with Crippen LogP contribution in [-0.4, -0.2) is 16.8 Å². The van der Waals surface area contributed by atoms with Gasteiger partial charge in [0.15, 0.2) is 0 Å². The topological polar surface area (TPSA) is 49.7 Å². The van der Waals surface area contributed by atoms with Gasteiger partial charge in [-0.05, 0) is 74.0 Å². The third-order valence-corrected chi connectivity index (χ3v) is 5.87. The predicted molar refractivity (Wildman–Crippen MR) is 122 cm³/mol. The molecular weight excluding hydrogens is 372 g/mol. The molecule has 0 unspecified atom stereocenters. The van der Waals surface area contributed by atoms with Crippen LogP contribution in [0.5, 0.6) is 5.75 Å². The Morgan fingerprint density at radius 2 is 1.30 bits per heavy atom. The van der Waals surface area contributed by atoms with Crippen LogP contribution in [0, 0.1) is 0 Å². The van der Waals surface area contributed by atoms with Crippen molar-refractivity contribution in [3.8, 4) is 5.75 Å². The molecule has 2 N–H and O–H groups in total. The van der Waals surface area contributed by atoms with Crippen molar-refractivity contribution in [3.05, 3.63) is 89.5 Å². The van der Waals surface area contributed by atoms with E-state index in [9.17, 15) is 10.2 Å². The zero-order valence-corrected chi connectivity index (χ0v) is 16.8. The number of aryl methyl sites for hydroxylation is 1. The predicted octanol–water partition coefficient (Wildman–Crippen LogP) is 5.58. The highest BCUT2D eigenvalue weighted by Crippen LogP contribution is 2.36. The highest BCUT2D eigenvalue weighted by Gasteiger charge is 2.10. The van der Waals surface area contributed by atoms with Gasteiger partial charge in [0.1, 0.15) is 5.75 Å². The SMILES string of the molecule is OCc1cc(CO)cc(OCCCc2ccc3ccc4cccc5ccc2c3c45)c1. The fourth-order valence-corrected chi connectivity index (χ4v) is 4.46. The van der Waals surface area contributed by atoms with Gasteiger partial charge in [0.25, 0.3) is 0 Å². The van der Waals surface area contributed by atoms with Crippen molar-refractivity contribution in [1.82, 2.24) is 0 Å². The standard InChI is InChI=1S/C27H24O3/c28-16-18-13-19(17-29)15-24(14-18)30-12-2-5-20-6-7-23-9-8-21-3-1-4-22-10-11-25(20)27(23)26(21)22/h1,3-4,6-11,13-15,28-29H,2,5,12,16-17H2. The average molecular weight is 396 g/mol. The Morgan fingerprint density at radius 3 is 2.00 bits per heavy atom. The monoisotopic (exact) mass is 396 g/mol. The Morgan fingerprint density at radius 1 is 0.667 bits per heavy atom. The molecule has 3 heteroatoms. The van der Waals surface area contributed by atoms with Crippen LogP contribution in [0.15, 0.2) is 72.8 Å². The molecule has 0 amide bonds. The summed E-state index contributed by atoms with van der Waals surface area (Å²) >= 11 is 0. The van der Waals surface area contributed by atoms with Crippen LogP contribution in [0.1, 0.15) is 23.1 Å². The number of aliphatic hydroxyl groups excluding tert-OH is 2. The Labute approximate surface area is 175 Å². The van der Waals surface area contributed by atoms with Gasteiger partial charge >= 0.3 is 0 Å². The molecule has 0 bridgehead atoms. The van der Waals surface area contributed by atoms with Crippen molar-refractivity contribution < 1.29 is 14.9 Å². The molecule has 0 radical (unpaired) electrons. The second-order valence-corrected chi connectivity index (χ2v) is 7.83. The lowest BCUT2D eigenvalue weighted by Gasteiger charge is -2.14. The van der Waals surface area contributed by atoms with Crippen molar-refractivity contribution in [1.29, 1.82) is 0 Å². The summed E-state index contributed by atoms with van der Waals surface area (Å²) in [6, 6.07) is 25.3. The molecule has 0 heterocycles. The first-order valence-corrected chi connectivity index (χ1v) is 10.4.